The highest BCUT2D eigenvalue weighted by molar-refractivity contribution is 6.08. The normalized spacial score (nSPS) is 10.1. The van der Waals surface area contributed by atoms with Crippen LogP contribution in [0.4, 0.5) is 4.79 Å². The Balaban J connectivity index is 1.58. The van der Waals surface area contributed by atoms with E-state index in [9.17, 15) is 4.79 Å². The van der Waals surface area contributed by atoms with E-state index in [4.69, 9.17) is 26.0 Å². The van der Waals surface area contributed by atoms with Crippen LogP contribution in [-0.4, -0.2) is 24.6 Å². The molecule has 3 aromatic rings. The highest BCUT2D eigenvalue weighted by Crippen LogP contribution is 2.23. The number of alkyl carbamates (subject to hydrolysis) is 1. The van der Waals surface area contributed by atoms with E-state index in [1.54, 1.807) is 36.4 Å². The van der Waals surface area contributed by atoms with Crippen LogP contribution in [0, 0.1) is 10.8 Å². The van der Waals surface area contributed by atoms with E-state index < -0.39 is 6.09 Å². The van der Waals surface area contributed by atoms with E-state index in [1.807, 2.05) is 42.5 Å². The SMILES string of the molecule is N=C(N)c1cccc(OCOC(=O)NC(=N)c2ccccc2-c2ccccc2)c1. The zero-order chi connectivity index (χ0) is 20.6. The van der Waals surface area contributed by atoms with Crippen LogP contribution in [-0.2, 0) is 4.74 Å². The van der Waals surface area contributed by atoms with Crippen LogP contribution in [0.1, 0.15) is 11.1 Å². The number of carbonyl (C=O) groups is 1. The predicted molar refractivity (Wildman–Crippen MR) is 111 cm³/mol. The number of amidine groups is 2. The average Bonchev–Trinajstić information content (AvgIpc) is 2.74. The smallest absolute Gasteiger partial charge is 0.415 e. The number of hydrogen-bond acceptors (Lipinski definition) is 5. The molecule has 0 saturated carbocycles. The predicted octanol–water partition coefficient (Wildman–Crippen LogP) is 3.73. The molecule has 0 unspecified atom stereocenters. The Bertz CT molecular complexity index is 1030. The topological polar surface area (TPSA) is 121 Å². The van der Waals surface area contributed by atoms with Crippen molar-refractivity contribution in [2.75, 3.05) is 6.79 Å². The summed E-state index contributed by atoms with van der Waals surface area (Å²) in [6.45, 7) is -0.346. The largest absolute Gasteiger partial charge is 0.457 e. The molecule has 5 N–H and O–H groups in total. The molecule has 7 heteroatoms. The highest BCUT2D eigenvalue weighted by atomic mass is 16.7. The van der Waals surface area contributed by atoms with Crippen molar-refractivity contribution in [2.45, 2.75) is 0 Å². The van der Waals surface area contributed by atoms with E-state index in [0.29, 0.717) is 16.9 Å². The molecule has 0 atom stereocenters. The van der Waals surface area contributed by atoms with Crippen LogP contribution in [0.25, 0.3) is 11.1 Å². The summed E-state index contributed by atoms with van der Waals surface area (Å²) < 4.78 is 10.3. The monoisotopic (exact) mass is 388 g/mol. The fraction of sp³-hybridized carbons (Fsp3) is 0.0455. The molecular formula is C22H20N4O3. The van der Waals surface area contributed by atoms with Crippen molar-refractivity contribution >= 4 is 17.8 Å². The van der Waals surface area contributed by atoms with Gasteiger partial charge >= 0.3 is 6.09 Å². The summed E-state index contributed by atoms with van der Waals surface area (Å²) in [7, 11) is 0. The maximum absolute atomic E-state index is 12.0. The molecule has 0 saturated heterocycles. The Hall–Kier alpha value is -4.13. The van der Waals surface area contributed by atoms with Gasteiger partial charge in [0.1, 0.15) is 17.4 Å². The van der Waals surface area contributed by atoms with Crippen molar-refractivity contribution in [3.05, 3.63) is 90.0 Å². The molecule has 146 valence electrons. The Kier molecular flexibility index (Phi) is 6.22. The number of carbonyl (C=O) groups excluding carboxylic acids is 1. The molecule has 7 nitrogen and oxygen atoms in total. The second-order valence-corrected chi connectivity index (χ2v) is 6.05. The fourth-order valence-electron chi connectivity index (χ4n) is 2.68. The van der Waals surface area contributed by atoms with Gasteiger partial charge in [-0.1, -0.05) is 66.7 Å². The summed E-state index contributed by atoms with van der Waals surface area (Å²) in [5.74, 6) is 0.252. The lowest BCUT2D eigenvalue weighted by atomic mass is 9.99. The highest BCUT2D eigenvalue weighted by Gasteiger charge is 2.13. The Morgan fingerprint density at radius 1 is 0.931 bits per heavy atom. The Morgan fingerprint density at radius 3 is 2.41 bits per heavy atom. The number of benzene rings is 3. The number of hydrogen-bond donors (Lipinski definition) is 4. The Morgan fingerprint density at radius 2 is 1.66 bits per heavy atom. The fourth-order valence-corrected chi connectivity index (χ4v) is 2.68. The van der Waals surface area contributed by atoms with Gasteiger partial charge < -0.3 is 15.2 Å². The minimum Gasteiger partial charge on any atom is -0.457 e. The van der Waals surface area contributed by atoms with Crippen LogP contribution in [0.2, 0.25) is 0 Å². The Labute approximate surface area is 168 Å². The molecule has 3 rings (SSSR count). The molecule has 0 heterocycles. The van der Waals surface area contributed by atoms with Crippen molar-refractivity contribution in [3.8, 4) is 16.9 Å². The number of nitrogen functional groups attached to an aromatic ring is 1. The lowest BCUT2D eigenvalue weighted by Gasteiger charge is -2.13. The average molecular weight is 388 g/mol. The molecule has 0 fully saturated rings. The van der Waals surface area contributed by atoms with Gasteiger partial charge in [0.15, 0.2) is 0 Å². The number of nitrogens with two attached hydrogens (primary N) is 1. The van der Waals surface area contributed by atoms with Crippen LogP contribution >= 0.6 is 0 Å². The van der Waals surface area contributed by atoms with E-state index in [0.717, 1.165) is 11.1 Å². The van der Waals surface area contributed by atoms with Crippen LogP contribution < -0.4 is 15.8 Å². The third kappa shape index (κ3) is 5.20. The van der Waals surface area contributed by atoms with Gasteiger partial charge in [0.2, 0.25) is 6.79 Å². The zero-order valence-electron chi connectivity index (χ0n) is 15.5. The third-order valence-electron chi connectivity index (χ3n) is 4.07. The molecule has 3 aromatic carbocycles. The maximum Gasteiger partial charge on any atom is 0.415 e. The molecule has 0 aliphatic carbocycles. The molecule has 0 radical (unpaired) electrons. The first-order valence-corrected chi connectivity index (χ1v) is 8.79. The second-order valence-electron chi connectivity index (χ2n) is 6.05. The van der Waals surface area contributed by atoms with Crippen molar-refractivity contribution in [3.63, 3.8) is 0 Å². The lowest BCUT2D eigenvalue weighted by Crippen LogP contribution is -2.32. The number of ether oxygens (including phenoxy) is 2. The number of amides is 1. The van der Waals surface area contributed by atoms with Crippen LogP contribution in [0.15, 0.2) is 78.9 Å². The van der Waals surface area contributed by atoms with E-state index >= 15 is 0 Å². The molecule has 1 amide bonds. The minimum absolute atomic E-state index is 0.0759. The van der Waals surface area contributed by atoms with E-state index in [1.165, 1.54) is 0 Å². The molecule has 0 aromatic heterocycles. The number of nitrogens with one attached hydrogen (secondary N) is 3. The summed E-state index contributed by atoms with van der Waals surface area (Å²) in [6.07, 6.45) is -0.805. The molecular weight excluding hydrogens is 368 g/mol. The van der Waals surface area contributed by atoms with Gasteiger partial charge in [0, 0.05) is 11.1 Å². The summed E-state index contributed by atoms with van der Waals surface area (Å²) in [6, 6.07) is 23.5. The summed E-state index contributed by atoms with van der Waals surface area (Å²) in [5, 5.41) is 18.1. The minimum atomic E-state index is -0.805. The van der Waals surface area contributed by atoms with Gasteiger partial charge in [-0.3, -0.25) is 16.1 Å². The standard InChI is InChI=1S/C22H20N4O3/c23-20(24)16-9-6-10-17(13-16)28-14-29-22(27)26-21(25)19-12-5-4-11-18(19)15-7-2-1-3-8-15/h1-13H,14H2,(H3,23,24)(H2,25,26,27). The molecule has 0 aliphatic rings. The lowest BCUT2D eigenvalue weighted by molar-refractivity contribution is 0.0626. The third-order valence-corrected chi connectivity index (χ3v) is 4.07. The summed E-state index contributed by atoms with van der Waals surface area (Å²) >= 11 is 0. The van der Waals surface area contributed by atoms with Crippen molar-refractivity contribution in [2.24, 2.45) is 5.73 Å². The van der Waals surface area contributed by atoms with E-state index in [-0.39, 0.29) is 18.5 Å². The van der Waals surface area contributed by atoms with Crippen molar-refractivity contribution in [1.82, 2.24) is 5.32 Å². The quantitative estimate of drug-likeness (QED) is 0.292. The summed E-state index contributed by atoms with van der Waals surface area (Å²) in [4.78, 5) is 12.0. The first-order valence-electron chi connectivity index (χ1n) is 8.79. The van der Waals surface area contributed by atoms with Crippen LogP contribution in [0.3, 0.4) is 0 Å². The van der Waals surface area contributed by atoms with Crippen molar-refractivity contribution in [1.29, 1.82) is 10.8 Å². The van der Waals surface area contributed by atoms with Gasteiger partial charge in [0.25, 0.3) is 0 Å². The summed E-state index contributed by atoms with van der Waals surface area (Å²) in [5.41, 5.74) is 8.28. The molecule has 0 bridgehead atoms. The second kappa shape index (κ2) is 9.18. The van der Waals surface area contributed by atoms with E-state index in [2.05, 4.69) is 5.32 Å². The zero-order valence-corrected chi connectivity index (χ0v) is 15.5. The first-order chi connectivity index (χ1) is 14.0. The number of rotatable bonds is 6. The van der Waals surface area contributed by atoms with Crippen LogP contribution in [0.5, 0.6) is 5.75 Å². The van der Waals surface area contributed by atoms with Gasteiger partial charge in [-0.15, -0.1) is 0 Å². The van der Waals surface area contributed by atoms with Gasteiger partial charge in [-0.25, -0.2) is 4.79 Å². The van der Waals surface area contributed by atoms with Gasteiger partial charge in [0.05, 0.1) is 0 Å². The maximum atomic E-state index is 12.0. The molecule has 0 spiro atoms. The molecule has 0 aliphatic heterocycles. The van der Waals surface area contributed by atoms with Gasteiger partial charge in [-0.2, -0.15) is 0 Å². The van der Waals surface area contributed by atoms with Crippen molar-refractivity contribution < 1.29 is 14.3 Å². The first kappa shape index (κ1) is 19.6. The van der Waals surface area contributed by atoms with Gasteiger partial charge in [-0.05, 0) is 23.3 Å². The molecule has 29 heavy (non-hydrogen) atoms.